The van der Waals surface area contributed by atoms with Crippen molar-refractivity contribution in [1.29, 1.82) is 0 Å². The van der Waals surface area contributed by atoms with Gasteiger partial charge in [-0.3, -0.25) is 4.79 Å². The summed E-state index contributed by atoms with van der Waals surface area (Å²) in [6, 6.07) is 6.39. The first-order valence-corrected chi connectivity index (χ1v) is 5.42. The number of carbonyl (C=O) groups is 1. The van der Waals surface area contributed by atoms with Gasteiger partial charge in [0.2, 0.25) is 0 Å². The third-order valence-electron chi connectivity index (χ3n) is 2.67. The van der Waals surface area contributed by atoms with Crippen LogP contribution < -0.4 is 0 Å². The van der Waals surface area contributed by atoms with Crippen LogP contribution in [0.15, 0.2) is 24.3 Å². The molecule has 0 saturated heterocycles. The molecule has 0 spiro atoms. The lowest BCUT2D eigenvalue weighted by atomic mass is 10.2. The summed E-state index contributed by atoms with van der Waals surface area (Å²) in [5.41, 5.74) is 1.53. The van der Waals surface area contributed by atoms with E-state index >= 15 is 0 Å². The molecule has 5 nitrogen and oxygen atoms in total. The summed E-state index contributed by atoms with van der Waals surface area (Å²) in [6.07, 6.45) is -0.177. The van der Waals surface area contributed by atoms with Gasteiger partial charge in [-0.1, -0.05) is 23.4 Å². The van der Waals surface area contributed by atoms with E-state index < -0.39 is 5.97 Å². The van der Waals surface area contributed by atoms with E-state index in [1.54, 1.807) is 25.1 Å². The Bertz CT molecular complexity index is 580. The summed E-state index contributed by atoms with van der Waals surface area (Å²) < 4.78 is 15.0. The van der Waals surface area contributed by atoms with Crippen molar-refractivity contribution in [2.45, 2.75) is 19.9 Å². The molecule has 0 fully saturated rings. The fourth-order valence-corrected chi connectivity index (χ4v) is 1.64. The first kappa shape index (κ1) is 12.2. The van der Waals surface area contributed by atoms with Gasteiger partial charge in [0.1, 0.15) is 5.82 Å². The maximum absolute atomic E-state index is 13.5. The van der Waals surface area contributed by atoms with Gasteiger partial charge in [-0.15, -0.1) is 5.10 Å². The molecule has 0 saturated carbocycles. The molecule has 0 unspecified atom stereocenters. The van der Waals surface area contributed by atoms with Crippen LogP contribution in [0.5, 0.6) is 0 Å². The molecule has 0 radical (unpaired) electrons. The molecule has 1 N–H and O–H groups in total. The van der Waals surface area contributed by atoms with Crippen molar-refractivity contribution < 1.29 is 14.3 Å². The Hall–Kier alpha value is -2.24. The molecule has 18 heavy (non-hydrogen) atoms. The third-order valence-corrected chi connectivity index (χ3v) is 2.67. The highest BCUT2D eigenvalue weighted by Gasteiger charge is 2.12. The van der Waals surface area contributed by atoms with Crippen molar-refractivity contribution in [1.82, 2.24) is 15.0 Å². The Morgan fingerprint density at radius 1 is 1.44 bits per heavy atom. The van der Waals surface area contributed by atoms with E-state index in [0.29, 0.717) is 17.0 Å². The van der Waals surface area contributed by atoms with Crippen LogP contribution in [0.25, 0.3) is 0 Å². The SMILES string of the molecule is Cc1c(CC(=O)O)nnn1Cc1ccccc1F. The van der Waals surface area contributed by atoms with Gasteiger partial charge in [0, 0.05) is 5.56 Å². The maximum atomic E-state index is 13.5. The smallest absolute Gasteiger partial charge is 0.309 e. The van der Waals surface area contributed by atoms with Crippen LogP contribution in [0.1, 0.15) is 17.0 Å². The minimum Gasteiger partial charge on any atom is -0.481 e. The Morgan fingerprint density at radius 3 is 2.83 bits per heavy atom. The fourth-order valence-electron chi connectivity index (χ4n) is 1.64. The minimum absolute atomic E-state index is 0.177. The number of carboxylic acid groups (broad SMARTS) is 1. The lowest BCUT2D eigenvalue weighted by Crippen LogP contribution is -2.07. The van der Waals surface area contributed by atoms with Crippen LogP contribution in [0.3, 0.4) is 0 Å². The molecule has 0 aliphatic rings. The average Bonchev–Trinajstić information content (AvgIpc) is 2.64. The van der Waals surface area contributed by atoms with Crippen LogP contribution in [0.4, 0.5) is 4.39 Å². The second kappa shape index (κ2) is 4.95. The molecule has 0 atom stereocenters. The number of aliphatic carboxylic acids is 1. The van der Waals surface area contributed by atoms with Gasteiger partial charge >= 0.3 is 5.97 Å². The molecule has 0 bridgehead atoms. The summed E-state index contributed by atoms with van der Waals surface area (Å²) in [4.78, 5) is 10.6. The molecule has 0 aliphatic heterocycles. The molecule has 2 aromatic rings. The molecule has 2 rings (SSSR count). The fraction of sp³-hybridized carbons (Fsp3) is 0.250. The van der Waals surface area contributed by atoms with Crippen LogP contribution in [0, 0.1) is 12.7 Å². The van der Waals surface area contributed by atoms with Crippen molar-refractivity contribution in [3.05, 3.63) is 47.0 Å². The van der Waals surface area contributed by atoms with E-state index in [-0.39, 0.29) is 18.8 Å². The zero-order valence-corrected chi connectivity index (χ0v) is 9.80. The number of benzene rings is 1. The van der Waals surface area contributed by atoms with Crippen LogP contribution in [-0.2, 0) is 17.8 Å². The second-order valence-electron chi connectivity index (χ2n) is 3.94. The number of nitrogens with zero attached hydrogens (tertiary/aromatic N) is 3. The van der Waals surface area contributed by atoms with Gasteiger partial charge in [-0.2, -0.15) is 0 Å². The number of halogens is 1. The predicted molar refractivity (Wildman–Crippen MR) is 61.6 cm³/mol. The zero-order valence-electron chi connectivity index (χ0n) is 9.80. The number of carboxylic acids is 1. The first-order valence-electron chi connectivity index (χ1n) is 5.42. The van der Waals surface area contributed by atoms with Gasteiger partial charge in [0.15, 0.2) is 0 Å². The molecule has 1 aromatic heterocycles. The highest BCUT2D eigenvalue weighted by molar-refractivity contribution is 5.69. The third kappa shape index (κ3) is 2.53. The molecule has 1 aromatic carbocycles. The van der Waals surface area contributed by atoms with E-state index in [1.807, 2.05) is 0 Å². The Morgan fingerprint density at radius 2 is 2.17 bits per heavy atom. The summed E-state index contributed by atoms with van der Waals surface area (Å²) in [7, 11) is 0. The van der Waals surface area contributed by atoms with Crippen LogP contribution >= 0.6 is 0 Å². The lowest BCUT2D eigenvalue weighted by molar-refractivity contribution is -0.136. The van der Waals surface area contributed by atoms with Crippen LogP contribution in [-0.4, -0.2) is 26.1 Å². The highest BCUT2D eigenvalue weighted by atomic mass is 19.1. The lowest BCUT2D eigenvalue weighted by Gasteiger charge is -2.04. The van der Waals surface area contributed by atoms with Crippen molar-refractivity contribution in [3.8, 4) is 0 Å². The summed E-state index contributed by atoms with van der Waals surface area (Å²) in [6.45, 7) is 1.96. The highest BCUT2D eigenvalue weighted by Crippen LogP contribution is 2.11. The van der Waals surface area contributed by atoms with E-state index in [1.165, 1.54) is 10.7 Å². The topological polar surface area (TPSA) is 68.0 Å². The van der Waals surface area contributed by atoms with Gasteiger partial charge in [-0.05, 0) is 13.0 Å². The Kier molecular flexibility index (Phi) is 3.36. The second-order valence-corrected chi connectivity index (χ2v) is 3.94. The predicted octanol–water partition coefficient (Wildman–Crippen LogP) is 1.40. The largest absolute Gasteiger partial charge is 0.481 e. The van der Waals surface area contributed by atoms with Gasteiger partial charge < -0.3 is 5.11 Å². The van der Waals surface area contributed by atoms with Gasteiger partial charge in [0.05, 0.1) is 24.4 Å². The van der Waals surface area contributed by atoms with Crippen molar-refractivity contribution in [3.63, 3.8) is 0 Å². The molecule has 6 heteroatoms. The maximum Gasteiger partial charge on any atom is 0.309 e. The molecule has 0 amide bonds. The quantitative estimate of drug-likeness (QED) is 0.889. The Balaban J connectivity index is 2.23. The molecular weight excluding hydrogens is 237 g/mol. The summed E-state index contributed by atoms with van der Waals surface area (Å²) in [5, 5.41) is 16.3. The number of rotatable bonds is 4. The number of hydrogen-bond donors (Lipinski definition) is 1. The van der Waals surface area contributed by atoms with E-state index in [2.05, 4.69) is 10.3 Å². The van der Waals surface area contributed by atoms with Crippen molar-refractivity contribution >= 4 is 5.97 Å². The van der Waals surface area contributed by atoms with Crippen molar-refractivity contribution in [2.24, 2.45) is 0 Å². The monoisotopic (exact) mass is 249 g/mol. The molecular formula is C12H12FN3O2. The summed E-state index contributed by atoms with van der Waals surface area (Å²) >= 11 is 0. The summed E-state index contributed by atoms with van der Waals surface area (Å²) in [5.74, 6) is -1.27. The standard InChI is InChI=1S/C12H12FN3O2/c1-8-11(6-12(17)18)14-15-16(8)7-9-4-2-3-5-10(9)13/h2-5H,6-7H2,1H3,(H,17,18). The van der Waals surface area contributed by atoms with Gasteiger partial charge in [-0.25, -0.2) is 9.07 Å². The Labute approximate surface area is 103 Å². The van der Waals surface area contributed by atoms with Crippen LogP contribution in [0.2, 0.25) is 0 Å². The van der Waals surface area contributed by atoms with Crippen molar-refractivity contribution in [2.75, 3.05) is 0 Å². The first-order chi connectivity index (χ1) is 8.58. The molecule has 94 valence electrons. The van der Waals surface area contributed by atoms with Gasteiger partial charge in [0.25, 0.3) is 0 Å². The van der Waals surface area contributed by atoms with E-state index in [9.17, 15) is 9.18 Å². The number of aromatic nitrogens is 3. The zero-order chi connectivity index (χ0) is 13.1. The normalized spacial score (nSPS) is 10.6. The average molecular weight is 249 g/mol. The molecule has 1 heterocycles. The van der Waals surface area contributed by atoms with E-state index in [0.717, 1.165) is 0 Å². The number of hydrogen-bond acceptors (Lipinski definition) is 3. The molecule has 0 aliphatic carbocycles. The minimum atomic E-state index is -0.962. The van der Waals surface area contributed by atoms with E-state index in [4.69, 9.17) is 5.11 Å².